The lowest BCUT2D eigenvalue weighted by molar-refractivity contribution is 0.0560. The number of β-amino-alcohol motifs (C(OH)–C–C–N with tert-alkyl or cyclic N) is 1. The minimum atomic E-state index is -1.17. The quantitative estimate of drug-likeness (QED) is 0.734. The molecule has 0 aromatic heterocycles. The third-order valence-corrected chi connectivity index (χ3v) is 3.00. The minimum Gasteiger partial charge on any atom is -0.387 e. The van der Waals surface area contributed by atoms with Crippen LogP contribution >= 0.6 is 0 Å². The highest BCUT2D eigenvalue weighted by molar-refractivity contribution is 5.94. The van der Waals surface area contributed by atoms with Crippen LogP contribution in [0.15, 0.2) is 18.2 Å². The van der Waals surface area contributed by atoms with Crippen molar-refractivity contribution < 1.29 is 18.7 Å². The van der Waals surface area contributed by atoms with Gasteiger partial charge in [0.25, 0.3) is 5.91 Å². The number of nitrogens with one attached hydrogen (secondary N) is 2. The second-order valence-electron chi connectivity index (χ2n) is 4.44. The van der Waals surface area contributed by atoms with Gasteiger partial charge in [-0.3, -0.25) is 4.79 Å². The maximum Gasteiger partial charge on any atom is 0.254 e. The molecule has 1 amide bonds. The first-order chi connectivity index (χ1) is 8.52. The topological polar surface area (TPSA) is 61.4 Å². The predicted octanol–water partition coefficient (Wildman–Crippen LogP) is 0.419. The van der Waals surface area contributed by atoms with Gasteiger partial charge in [-0.15, -0.1) is 0 Å². The Kier molecular flexibility index (Phi) is 3.58. The van der Waals surface area contributed by atoms with Gasteiger partial charge in [0.1, 0.15) is 0 Å². The second-order valence-corrected chi connectivity index (χ2v) is 4.44. The summed E-state index contributed by atoms with van der Waals surface area (Å²) in [4.78, 5) is 11.7. The van der Waals surface area contributed by atoms with Crippen LogP contribution < -0.4 is 10.6 Å². The number of amides is 1. The molecule has 0 aliphatic carbocycles. The molecule has 1 fully saturated rings. The molecule has 0 saturated carbocycles. The Bertz CT molecular complexity index is 459. The van der Waals surface area contributed by atoms with Crippen molar-refractivity contribution in [3.05, 3.63) is 35.4 Å². The number of halogens is 2. The van der Waals surface area contributed by atoms with Crippen LogP contribution in [0.25, 0.3) is 0 Å². The molecule has 0 bridgehead atoms. The van der Waals surface area contributed by atoms with Crippen LogP contribution in [0, 0.1) is 11.6 Å². The lowest BCUT2D eigenvalue weighted by Gasteiger charge is -2.21. The van der Waals surface area contributed by atoms with Crippen LogP contribution in [0.5, 0.6) is 0 Å². The first kappa shape index (κ1) is 12.9. The zero-order valence-electron chi connectivity index (χ0n) is 9.67. The van der Waals surface area contributed by atoms with Crippen LogP contribution in [-0.2, 0) is 0 Å². The van der Waals surface area contributed by atoms with Gasteiger partial charge in [0.2, 0.25) is 0 Å². The molecule has 0 radical (unpaired) electrons. The number of hydrogen-bond acceptors (Lipinski definition) is 3. The van der Waals surface area contributed by atoms with Gasteiger partial charge < -0.3 is 15.7 Å². The summed E-state index contributed by atoms with van der Waals surface area (Å²) >= 11 is 0. The molecule has 2 rings (SSSR count). The molecule has 6 heteroatoms. The normalized spacial score (nSPS) is 23.1. The van der Waals surface area contributed by atoms with Gasteiger partial charge >= 0.3 is 0 Å². The maximum atomic E-state index is 13.3. The Morgan fingerprint density at radius 2 is 2.28 bits per heavy atom. The molecule has 1 atom stereocenters. The van der Waals surface area contributed by atoms with E-state index in [4.69, 9.17) is 0 Å². The number of rotatable bonds is 3. The van der Waals surface area contributed by atoms with Crippen molar-refractivity contribution in [1.82, 2.24) is 10.6 Å². The summed E-state index contributed by atoms with van der Waals surface area (Å²) in [7, 11) is 0. The third kappa shape index (κ3) is 2.65. The Labute approximate surface area is 103 Å². The van der Waals surface area contributed by atoms with E-state index in [1.54, 1.807) is 0 Å². The van der Waals surface area contributed by atoms with Crippen molar-refractivity contribution in [3.63, 3.8) is 0 Å². The summed E-state index contributed by atoms with van der Waals surface area (Å²) in [5.74, 6) is -2.97. The van der Waals surface area contributed by atoms with Crippen LogP contribution in [0.1, 0.15) is 16.8 Å². The Hall–Kier alpha value is -1.53. The summed E-state index contributed by atoms with van der Waals surface area (Å²) < 4.78 is 26.3. The van der Waals surface area contributed by atoms with Gasteiger partial charge in [0.05, 0.1) is 11.2 Å². The first-order valence-electron chi connectivity index (χ1n) is 5.67. The molecule has 1 aliphatic heterocycles. The molecule has 18 heavy (non-hydrogen) atoms. The van der Waals surface area contributed by atoms with Crippen LogP contribution in [-0.4, -0.2) is 36.2 Å². The van der Waals surface area contributed by atoms with Crippen LogP contribution in [0.3, 0.4) is 0 Å². The van der Waals surface area contributed by atoms with Crippen molar-refractivity contribution in [2.75, 3.05) is 19.6 Å². The molecule has 1 heterocycles. The van der Waals surface area contributed by atoms with Crippen molar-refractivity contribution in [2.45, 2.75) is 12.0 Å². The predicted molar refractivity (Wildman–Crippen MR) is 61.1 cm³/mol. The summed E-state index contributed by atoms with van der Waals surface area (Å²) in [6.45, 7) is 1.05. The van der Waals surface area contributed by atoms with E-state index in [1.807, 2.05) is 0 Å². The molecule has 1 unspecified atom stereocenters. The Balaban J connectivity index is 2.01. The average molecular weight is 256 g/mol. The SMILES string of the molecule is O=C(NCC1(O)CCNC1)c1cccc(F)c1F. The highest BCUT2D eigenvalue weighted by Gasteiger charge is 2.31. The average Bonchev–Trinajstić information content (AvgIpc) is 2.77. The molecule has 1 saturated heterocycles. The van der Waals surface area contributed by atoms with E-state index in [-0.39, 0.29) is 12.1 Å². The summed E-state index contributed by atoms with van der Waals surface area (Å²) in [5.41, 5.74) is -1.37. The molecular formula is C12H14F2N2O2. The monoisotopic (exact) mass is 256 g/mol. The van der Waals surface area contributed by atoms with Crippen LogP contribution in [0.2, 0.25) is 0 Å². The van der Waals surface area contributed by atoms with Crippen molar-refractivity contribution in [1.29, 1.82) is 0 Å². The maximum absolute atomic E-state index is 13.3. The number of carbonyl (C=O) groups is 1. The fourth-order valence-corrected chi connectivity index (χ4v) is 1.90. The zero-order valence-corrected chi connectivity index (χ0v) is 9.67. The molecule has 1 aromatic carbocycles. The van der Waals surface area contributed by atoms with E-state index in [1.165, 1.54) is 12.1 Å². The summed E-state index contributed by atoms with van der Waals surface area (Å²) in [6, 6.07) is 3.41. The van der Waals surface area contributed by atoms with E-state index in [2.05, 4.69) is 10.6 Å². The lowest BCUT2D eigenvalue weighted by Crippen LogP contribution is -2.44. The van der Waals surface area contributed by atoms with E-state index in [0.29, 0.717) is 19.5 Å². The molecule has 0 spiro atoms. The Morgan fingerprint density at radius 1 is 1.50 bits per heavy atom. The van der Waals surface area contributed by atoms with E-state index >= 15 is 0 Å². The fraction of sp³-hybridized carbons (Fsp3) is 0.417. The number of aliphatic hydroxyl groups is 1. The van der Waals surface area contributed by atoms with Crippen LogP contribution in [0.4, 0.5) is 8.78 Å². The van der Waals surface area contributed by atoms with E-state index < -0.39 is 23.1 Å². The minimum absolute atomic E-state index is 0.00872. The van der Waals surface area contributed by atoms with Gasteiger partial charge in [0, 0.05) is 13.1 Å². The molecule has 1 aromatic rings. The second kappa shape index (κ2) is 4.99. The Morgan fingerprint density at radius 3 is 2.94 bits per heavy atom. The molecule has 3 N–H and O–H groups in total. The van der Waals surface area contributed by atoms with Crippen molar-refractivity contribution >= 4 is 5.91 Å². The first-order valence-corrected chi connectivity index (χ1v) is 5.67. The molecule has 98 valence electrons. The molecule has 1 aliphatic rings. The fourth-order valence-electron chi connectivity index (χ4n) is 1.90. The standard InChI is InChI=1S/C12H14F2N2O2/c13-9-3-1-2-8(10(9)14)11(17)16-7-12(18)4-5-15-6-12/h1-3,15,18H,4-7H2,(H,16,17). The number of hydrogen-bond donors (Lipinski definition) is 3. The van der Waals surface area contributed by atoms with Gasteiger partial charge in [-0.25, -0.2) is 8.78 Å². The highest BCUT2D eigenvalue weighted by Crippen LogP contribution is 2.14. The third-order valence-electron chi connectivity index (χ3n) is 3.00. The van der Waals surface area contributed by atoms with Crippen molar-refractivity contribution in [3.8, 4) is 0 Å². The van der Waals surface area contributed by atoms with E-state index in [0.717, 1.165) is 6.07 Å². The van der Waals surface area contributed by atoms with Gasteiger partial charge in [-0.05, 0) is 25.1 Å². The summed E-state index contributed by atoms with van der Waals surface area (Å²) in [5, 5.41) is 15.3. The van der Waals surface area contributed by atoms with Gasteiger partial charge in [-0.2, -0.15) is 0 Å². The van der Waals surface area contributed by atoms with Gasteiger partial charge in [-0.1, -0.05) is 6.07 Å². The number of benzene rings is 1. The summed E-state index contributed by atoms with van der Waals surface area (Å²) in [6.07, 6.45) is 0.513. The van der Waals surface area contributed by atoms with Crippen molar-refractivity contribution in [2.24, 2.45) is 0 Å². The zero-order chi connectivity index (χ0) is 13.2. The largest absolute Gasteiger partial charge is 0.387 e. The lowest BCUT2D eigenvalue weighted by atomic mass is 10.0. The molecular weight excluding hydrogens is 242 g/mol. The molecule has 4 nitrogen and oxygen atoms in total. The highest BCUT2D eigenvalue weighted by atomic mass is 19.2. The van der Waals surface area contributed by atoms with E-state index in [9.17, 15) is 18.7 Å². The van der Waals surface area contributed by atoms with Gasteiger partial charge in [0.15, 0.2) is 11.6 Å². The smallest absolute Gasteiger partial charge is 0.254 e. The number of carbonyl (C=O) groups excluding carboxylic acids is 1.